The average molecular weight is 313 g/mol. The van der Waals surface area contributed by atoms with E-state index in [2.05, 4.69) is 5.32 Å². The van der Waals surface area contributed by atoms with Gasteiger partial charge in [0.25, 0.3) is 0 Å². The fraction of sp³-hybridized carbons (Fsp3) is 0.500. The van der Waals surface area contributed by atoms with Crippen LogP contribution in [0.1, 0.15) is 12.0 Å². The van der Waals surface area contributed by atoms with Gasteiger partial charge in [0.2, 0.25) is 0 Å². The number of nitrogens with one attached hydrogen (secondary N) is 1. The van der Waals surface area contributed by atoms with Crippen molar-refractivity contribution >= 4 is 35.6 Å². The zero-order chi connectivity index (χ0) is 12.3. The lowest BCUT2D eigenvalue weighted by atomic mass is 9.91. The second kappa shape index (κ2) is 6.94. The zero-order valence-electron chi connectivity index (χ0n) is 9.79. The third-order valence-electron chi connectivity index (χ3n) is 3.06. The molecule has 2 rings (SSSR count). The Hall–Kier alpha value is -0.0300. The van der Waals surface area contributed by atoms with Crippen molar-refractivity contribution < 1.29 is 9.84 Å². The summed E-state index contributed by atoms with van der Waals surface area (Å²) in [5, 5.41) is 13.9. The number of rotatable bonds is 2. The van der Waals surface area contributed by atoms with Crippen molar-refractivity contribution in [1.29, 1.82) is 0 Å². The van der Waals surface area contributed by atoms with E-state index in [-0.39, 0.29) is 19.0 Å². The Bertz CT molecular complexity index is 393. The van der Waals surface area contributed by atoms with Crippen LogP contribution < -0.4 is 5.32 Å². The quantitative estimate of drug-likeness (QED) is 0.882. The Morgan fingerprint density at radius 1 is 1.28 bits per heavy atom. The van der Waals surface area contributed by atoms with Crippen LogP contribution in [0.4, 0.5) is 0 Å². The number of ether oxygens (including phenoxy) is 1. The third-order valence-corrected chi connectivity index (χ3v) is 3.80. The first-order chi connectivity index (χ1) is 8.18. The van der Waals surface area contributed by atoms with Crippen LogP contribution in [0.2, 0.25) is 10.0 Å². The highest BCUT2D eigenvalue weighted by Crippen LogP contribution is 2.34. The second-order valence-electron chi connectivity index (χ2n) is 4.13. The van der Waals surface area contributed by atoms with Gasteiger partial charge in [0.05, 0.1) is 23.3 Å². The third kappa shape index (κ3) is 3.29. The van der Waals surface area contributed by atoms with E-state index in [0.717, 1.165) is 18.7 Å². The highest BCUT2D eigenvalue weighted by molar-refractivity contribution is 6.42. The molecule has 102 valence electrons. The lowest BCUT2D eigenvalue weighted by molar-refractivity contribution is -0.0790. The lowest BCUT2D eigenvalue weighted by Gasteiger charge is -2.31. The largest absolute Gasteiger partial charge is 0.393 e. The van der Waals surface area contributed by atoms with Crippen molar-refractivity contribution in [3.8, 4) is 0 Å². The number of benzene rings is 1. The molecule has 0 unspecified atom stereocenters. The fourth-order valence-corrected chi connectivity index (χ4v) is 2.33. The molecule has 0 bridgehead atoms. The van der Waals surface area contributed by atoms with Gasteiger partial charge in [0, 0.05) is 6.54 Å². The maximum Gasteiger partial charge on any atom is 0.117 e. The summed E-state index contributed by atoms with van der Waals surface area (Å²) in [6.07, 6.45) is 0.710. The Morgan fingerprint density at radius 2 is 2.06 bits per heavy atom. The molecule has 1 atom stereocenters. The molecular weight excluding hydrogens is 296 g/mol. The van der Waals surface area contributed by atoms with Crippen LogP contribution >= 0.6 is 35.6 Å². The van der Waals surface area contributed by atoms with Crippen molar-refractivity contribution in [2.75, 3.05) is 26.3 Å². The molecule has 1 aliphatic heterocycles. The number of aliphatic hydroxyl groups excluding tert-OH is 1. The van der Waals surface area contributed by atoms with Gasteiger partial charge in [0.1, 0.15) is 5.60 Å². The molecule has 3 nitrogen and oxygen atoms in total. The molecule has 1 aromatic rings. The number of hydrogen-bond acceptors (Lipinski definition) is 3. The Morgan fingerprint density at radius 3 is 2.72 bits per heavy atom. The van der Waals surface area contributed by atoms with Gasteiger partial charge in [-0.15, -0.1) is 12.4 Å². The zero-order valence-corrected chi connectivity index (χ0v) is 12.1. The first-order valence-electron chi connectivity index (χ1n) is 5.59. The predicted molar refractivity (Wildman–Crippen MR) is 75.9 cm³/mol. The highest BCUT2D eigenvalue weighted by atomic mass is 35.5. The summed E-state index contributed by atoms with van der Waals surface area (Å²) in [6, 6.07) is 5.36. The number of hydrogen-bond donors (Lipinski definition) is 2. The summed E-state index contributed by atoms with van der Waals surface area (Å²) >= 11 is 11.9. The first kappa shape index (κ1) is 16.0. The molecule has 0 spiro atoms. The molecule has 2 N–H and O–H groups in total. The van der Waals surface area contributed by atoms with Gasteiger partial charge >= 0.3 is 0 Å². The lowest BCUT2D eigenvalue weighted by Crippen LogP contribution is -2.34. The summed E-state index contributed by atoms with van der Waals surface area (Å²) in [5.41, 5.74) is 0.204. The maximum atomic E-state index is 9.65. The molecule has 1 saturated heterocycles. The smallest absolute Gasteiger partial charge is 0.117 e. The van der Waals surface area contributed by atoms with E-state index < -0.39 is 5.60 Å². The molecule has 1 aliphatic rings. The van der Waals surface area contributed by atoms with Crippen LogP contribution in [-0.4, -0.2) is 31.4 Å². The average Bonchev–Trinajstić information content (AvgIpc) is 2.59. The van der Waals surface area contributed by atoms with E-state index in [1.165, 1.54) is 0 Å². The van der Waals surface area contributed by atoms with Crippen molar-refractivity contribution in [2.45, 2.75) is 12.0 Å². The van der Waals surface area contributed by atoms with Gasteiger partial charge in [0.15, 0.2) is 0 Å². The second-order valence-corrected chi connectivity index (χ2v) is 4.94. The van der Waals surface area contributed by atoms with Gasteiger partial charge in [-0.05, 0) is 30.7 Å². The van der Waals surface area contributed by atoms with Crippen LogP contribution in [0, 0.1) is 0 Å². The van der Waals surface area contributed by atoms with Gasteiger partial charge in [-0.25, -0.2) is 0 Å². The summed E-state index contributed by atoms with van der Waals surface area (Å²) < 4.78 is 5.81. The molecule has 0 radical (unpaired) electrons. The van der Waals surface area contributed by atoms with Crippen LogP contribution in [0.25, 0.3) is 0 Å². The number of aliphatic hydroxyl groups is 1. The van der Waals surface area contributed by atoms with Crippen LogP contribution in [0.15, 0.2) is 18.2 Å². The van der Waals surface area contributed by atoms with Crippen LogP contribution in [0.5, 0.6) is 0 Å². The standard InChI is InChI=1S/C12H15Cl2NO2.ClH/c13-10-2-1-9(7-11(10)14)12(8-16)3-4-15-5-6-17-12;/h1-2,7,15-16H,3-6,8H2;1H/t12-;/m0./s1. The normalized spacial score (nSPS) is 24.2. The summed E-state index contributed by atoms with van der Waals surface area (Å²) in [5.74, 6) is 0. The SMILES string of the molecule is Cl.OC[C@]1(c2ccc(Cl)c(Cl)c2)CCNCCO1. The first-order valence-corrected chi connectivity index (χ1v) is 6.35. The molecule has 0 aliphatic carbocycles. The van der Waals surface area contributed by atoms with Crippen molar-refractivity contribution in [2.24, 2.45) is 0 Å². The molecule has 0 saturated carbocycles. The van der Waals surface area contributed by atoms with E-state index >= 15 is 0 Å². The van der Waals surface area contributed by atoms with Gasteiger partial charge in [-0.2, -0.15) is 0 Å². The Kier molecular flexibility index (Phi) is 6.18. The molecule has 1 aromatic carbocycles. The minimum Gasteiger partial charge on any atom is -0.393 e. The summed E-state index contributed by atoms with van der Waals surface area (Å²) in [6.45, 7) is 2.11. The van der Waals surface area contributed by atoms with E-state index in [4.69, 9.17) is 27.9 Å². The molecule has 1 fully saturated rings. The monoisotopic (exact) mass is 311 g/mol. The minimum atomic E-state index is -0.669. The molecule has 0 aromatic heterocycles. The van der Waals surface area contributed by atoms with Gasteiger partial charge in [-0.3, -0.25) is 0 Å². The highest BCUT2D eigenvalue weighted by Gasteiger charge is 2.33. The van der Waals surface area contributed by atoms with Crippen molar-refractivity contribution in [3.63, 3.8) is 0 Å². The predicted octanol–water partition coefficient (Wildman–Crippen LogP) is 2.61. The molecule has 6 heteroatoms. The van der Waals surface area contributed by atoms with Gasteiger partial charge < -0.3 is 15.2 Å². The fourth-order valence-electron chi connectivity index (χ4n) is 2.03. The van der Waals surface area contributed by atoms with E-state index in [0.29, 0.717) is 23.1 Å². The van der Waals surface area contributed by atoms with Gasteiger partial charge in [-0.1, -0.05) is 29.3 Å². The molecule has 18 heavy (non-hydrogen) atoms. The topological polar surface area (TPSA) is 41.5 Å². The minimum absolute atomic E-state index is 0. The Labute approximate surface area is 123 Å². The Balaban J connectivity index is 0.00000162. The van der Waals surface area contributed by atoms with Crippen LogP contribution in [0.3, 0.4) is 0 Å². The van der Waals surface area contributed by atoms with Crippen LogP contribution in [-0.2, 0) is 10.3 Å². The number of halogens is 3. The van der Waals surface area contributed by atoms with E-state index in [1.54, 1.807) is 12.1 Å². The maximum absolute atomic E-state index is 9.65. The molecular formula is C12H16Cl3NO2. The van der Waals surface area contributed by atoms with E-state index in [9.17, 15) is 5.11 Å². The molecule has 0 amide bonds. The van der Waals surface area contributed by atoms with Crippen molar-refractivity contribution in [3.05, 3.63) is 33.8 Å². The van der Waals surface area contributed by atoms with E-state index in [1.807, 2.05) is 6.07 Å². The van der Waals surface area contributed by atoms with Crippen molar-refractivity contribution in [1.82, 2.24) is 5.32 Å². The summed E-state index contributed by atoms with van der Waals surface area (Å²) in [7, 11) is 0. The summed E-state index contributed by atoms with van der Waals surface area (Å²) in [4.78, 5) is 0. The molecule has 1 heterocycles.